The Balaban J connectivity index is 2.19. The molecule has 1 atom stereocenters. The van der Waals surface area contributed by atoms with E-state index in [4.69, 9.17) is 4.74 Å². The van der Waals surface area contributed by atoms with Gasteiger partial charge in [-0.1, -0.05) is 6.07 Å². The van der Waals surface area contributed by atoms with E-state index in [1.165, 1.54) is 5.56 Å². The maximum atomic E-state index is 5.25. The minimum absolute atomic E-state index is 0.195. The number of benzene rings is 1. The van der Waals surface area contributed by atoms with Gasteiger partial charge in [-0.05, 0) is 66.5 Å². The van der Waals surface area contributed by atoms with Crippen LogP contribution >= 0.6 is 15.9 Å². The van der Waals surface area contributed by atoms with E-state index in [0.29, 0.717) is 0 Å². The predicted molar refractivity (Wildman–Crippen MR) is 86.4 cm³/mol. The summed E-state index contributed by atoms with van der Waals surface area (Å²) >= 11 is 3.52. The van der Waals surface area contributed by atoms with E-state index in [1.54, 1.807) is 7.11 Å². The molecule has 0 bridgehead atoms. The summed E-state index contributed by atoms with van der Waals surface area (Å²) in [5.74, 6) is 0.842. The standard InChI is InChI=1S/C16H19BrN2O/c1-10-5-7-15(12(3)18-10)19-11(2)13-6-8-16(20-4)14(17)9-13/h5-9,11,19H,1-4H3. The Labute approximate surface area is 128 Å². The number of nitrogens with one attached hydrogen (secondary N) is 1. The topological polar surface area (TPSA) is 34.1 Å². The van der Waals surface area contributed by atoms with Gasteiger partial charge >= 0.3 is 0 Å². The number of anilines is 1. The van der Waals surface area contributed by atoms with E-state index in [1.807, 2.05) is 26.0 Å². The van der Waals surface area contributed by atoms with Crippen molar-refractivity contribution in [3.05, 3.63) is 51.8 Å². The Kier molecular flexibility index (Phi) is 4.65. The normalized spacial score (nSPS) is 12.1. The number of rotatable bonds is 4. The first-order valence-corrected chi connectivity index (χ1v) is 7.34. The lowest BCUT2D eigenvalue weighted by Crippen LogP contribution is -2.08. The molecule has 0 radical (unpaired) electrons. The summed E-state index contributed by atoms with van der Waals surface area (Å²) in [7, 11) is 1.67. The van der Waals surface area contributed by atoms with E-state index >= 15 is 0 Å². The van der Waals surface area contributed by atoms with Crippen molar-refractivity contribution >= 4 is 21.6 Å². The smallest absolute Gasteiger partial charge is 0.133 e. The van der Waals surface area contributed by atoms with Crippen LogP contribution in [0.4, 0.5) is 5.69 Å². The van der Waals surface area contributed by atoms with E-state index in [0.717, 1.165) is 27.3 Å². The lowest BCUT2D eigenvalue weighted by Gasteiger charge is -2.18. The molecule has 106 valence electrons. The molecule has 2 rings (SSSR count). The zero-order chi connectivity index (χ0) is 14.7. The molecule has 0 aliphatic carbocycles. The Morgan fingerprint density at radius 1 is 1.20 bits per heavy atom. The Hall–Kier alpha value is -1.55. The lowest BCUT2D eigenvalue weighted by molar-refractivity contribution is 0.412. The molecule has 0 spiro atoms. The van der Waals surface area contributed by atoms with Crippen LogP contribution in [0.25, 0.3) is 0 Å². The van der Waals surface area contributed by atoms with Crippen molar-refractivity contribution in [3.8, 4) is 5.75 Å². The average molecular weight is 335 g/mol. The van der Waals surface area contributed by atoms with Crippen LogP contribution in [0.5, 0.6) is 5.75 Å². The highest BCUT2D eigenvalue weighted by Crippen LogP contribution is 2.29. The van der Waals surface area contributed by atoms with Gasteiger partial charge in [-0.25, -0.2) is 0 Å². The largest absolute Gasteiger partial charge is 0.496 e. The molecule has 1 aromatic heterocycles. The molecule has 0 fully saturated rings. The monoisotopic (exact) mass is 334 g/mol. The molecule has 1 N–H and O–H groups in total. The molecule has 4 heteroatoms. The third-order valence-electron chi connectivity index (χ3n) is 3.27. The van der Waals surface area contributed by atoms with Crippen molar-refractivity contribution in [3.63, 3.8) is 0 Å². The highest BCUT2D eigenvalue weighted by molar-refractivity contribution is 9.10. The summed E-state index contributed by atoms with van der Waals surface area (Å²) in [6.45, 7) is 6.15. The molecule has 0 saturated carbocycles. The molecule has 1 unspecified atom stereocenters. The molecular formula is C16H19BrN2O. The lowest BCUT2D eigenvalue weighted by atomic mass is 10.1. The van der Waals surface area contributed by atoms with Crippen LogP contribution in [0.2, 0.25) is 0 Å². The highest BCUT2D eigenvalue weighted by atomic mass is 79.9. The van der Waals surface area contributed by atoms with Crippen molar-refractivity contribution in [2.45, 2.75) is 26.8 Å². The van der Waals surface area contributed by atoms with Gasteiger partial charge in [0, 0.05) is 11.7 Å². The molecule has 2 aromatic rings. The summed E-state index contributed by atoms with van der Waals surface area (Å²) in [5.41, 5.74) is 4.31. The maximum Gasteiger partial charge on any atom is 0.133 e. The van der Waals surface area contributed by atoms with E-state index in [-0.39, 0.29) is 6.04 Å². The molecule has 1 heterocycles. The van der Waals surface area contributed by atoms with E-state index in [2.05, 4.69) is 51.4 Å². The fourth-order valence-corrected chi connectivity index (χ4v) is 2.67. The molecule has 20 heavy (non-hydrogen) atoms. The third kappa shape index (κ3) is 3.31. The first-order chi connectivity index (χ1) is 9.51. The van der Waals surface area contributed by atoms with Gasteiger partial charge in [0.1, 0.15) is 5.75 Å². The minimum Gasteiger partial charge on any atom is -0.496 e. The molecule has 1 aromatic carbocycles. The SMILES string of the molecule is COc1ccc(C(C)Nc2ccc(C)nc2C)cc1Br. The van der Waals surface area contributed by atoms with Gasteiger partial charge in [0.2, 0.25) is 0 Å². The second-order valence-electron chi connectivity index (χ2n) is 4.85. The molecule has 3 nitrogen and oxygen atoms in total. The maximum absolute atomic E-state index is 5.25. The minimum atomic E-state index is 0.195. The van der Waals surface area contributed by atoms with Gasteiger partial charge < -0.3 is 10.1 Å². The zero-order valence-electron chi connectivity index (χ0n) is 12.2. The first-order valence-electron chi connectivity index (χ1n) is 6.55. The average Bonchev–Trinajstić information content (AvgIpc) is 2.41. The fourth-order valence-electron chi connectivity index (χ4n) is 2.11. The Morgan fingerprint density at radius 3 is 2.55 bits per heavy atom. The molecule has 0 aliphatic rings. The number of halogens is 1. The van der Waals surface area contributed by atoms with Gasteiger partial charge in [-0.15, -0.1) is 0 Å². The van der Waals surface area contributed by atoms with Crippen LogP contribution in [-0.2, 0) is 0 Å². The summed E-state index contributed by atoms with van der Waals surface area (Å²) in [6.07, 6.45) is 0. The quantitative estimate of drug-likeness (QED) is 0.884. The fraction of sp³-hybridized carbons (Fsp3) is 0.312. The molecule has 0 aliphatic heterocycles. The van der Waals surface area contributed by atoms with Gasteiger partial charge in [0.25, 0.3) is 0 Å². The number of methoxy groups -OCH3 is 1. The van der Waals surface area contributed by atoms with Crippen LogP contribution in [0.1, 0.15) is 29.9 Å². The highest BCUT2D eigenvalue weighted by Gasteiger charge is 2.10. The predicted octanol–water partition coefficient (Wildman–Crippen LogP) is 4.64. The third-order valence-corrected chi connectivity index (χ3v) is 3.89. The summed E-state index contributed by atoms with van der Waals surface area (Å²) in [4.78, 5) is 4.47. The van der Waals surface area contributed by atoms with Crippen molar-refractivity contribution < 1.29 is 4.74 Å². The zero-order valence-corrected chi connectivity index (χ0v) is 13.8. The number of aromatic nitrogens is 1. The van der Waals surface area contributed by atoms with Crippen LogP contribution in [0.3, 0.4) is 0 Å². The van der Waals surface area contributed by atoms with Crippen molar-refractivity contribution in [1.29, 1.82) is 0 Å². The number of hydrogen-bond donors (Lipinski definition) is 1. The molecule has 0 amide bonds. The molecule has 0 saturated heterocycles. The Bertz CT molecular complexity index is 613. The van der Waals surface area contributed by atoms with Crippen LogP contribution < -0.4 is 10.1 Å². The Morgan fingerprint density at radius 2 is 1.95 bits per heavy atom. The van der Waals surface area contributed by atoms with Crippen molar-refractivity contribution in [2.24, 2.45) is 0 Å². The first kappa shape index (κ1) is 14.9. The van der Waals surface area contributed by atoms with Gasteiger partial charge in [-0.2, -0.15) is 0 Å². The van der Waals surface area contributed by atoms with Gasteiger partial charge in [0.05, 0.1) is 23.0 Å². The number of ether oxygens (including phenoxy) is 1. The number of hydrogen-bond acceptors (Lipinski definition) is 3. The number of nitrogens with zero attached hydrogens (tertiary/aromatic N) is 1. The summed E-state index contributed by atoms with van der Waals surface area (Å²) in [5, 5.41) is 3.49. The second-order valence-corrected chi connectivity index (χ2v) is 5.70. The second kappa shape index (κ2) is 6.27. The van der Waals surface area contributed by atoms with Crippen molar-refractivity contribution in [1.82, 2.24) is 4.98 Å². The van der Waals surface area contributed by atoms with Crippen LogP contribution in [0, 0.1) is 13.8 Å². The summed E-state index contributed by atoms with van der Waals surface area (Å²) < 4.78 is 6.22. The van der Waals surface area contributed by atoms with Crippen LogP contribution in [-0.4, -0.2) is 12.1 Å². The van der Waals surface area contributed by atoms with Crippen molar-refractivity contribution in [2.75, 3.05) is 12.4 Å². The van der Waals surface area contributed by atoms with Gasteiger partial charge in [-0.3, -0.25) is 4.98 Å². The van der Waals surface area contributed by atoms with Gasteiger partial charge in [0.15, 0.2) is 0 Å². The summed E-state index contributed by atoms with van der Waals surface area (Å²) in [6, 6.07) is 10.4. The van der Waals surface area contributed by atoms with Crippen LogP contribution in [0.15, 0.2) is 34.8 Å². The number of aryl methyl sites for hydroxylation is 2. The number of pyridine rings is 1. The van der Waals surface area contributed by atoms with E-state index < -0.39 is 0 Å². The molecular weight excluding hydrogens is 316 g/mol. The van der Waals surface area contributed by atoms with E-state index in [9.17, 15) is 0 Å².